The minimum Gasteiger partial charge on any atom is -0.345 e. The Hall–Kier alpha value is -2.76. The summed E-state index contributed by atoms with van der Waals surface area (Å²) in [6, 6.07) is 4.30. The maximum atomic E-state index is 14.0. The van der Waals surface area contributed by atoms with Crippen LogP contribution in [0.15, 0.2) is 30.7 Å². The van der Waals surface area contributed by atoms with Gasteiger partial charge in [0.1, 0.15) is 17.1 Å². The number of aromatic amines is 1. The van der Waals surface area contributed by atoms with Crippen LogP contribution in [0.25, 0.3) is 33.5 Å². The summed E-state index contributed by atoms with van der Waals surface area (Å²) in [5.74, 6) is 3.49. The van der Waals surface area contributed by atoms with Crippen molar-refractivity contribution in [1.82, 2.24) is 24.5 Å². The Labute approximate surface area is 186 Å². The third kappa shape index (κ3) is 2.84. The summed E-state index contributed by atoms with van der Waals surface area (Å²) < 4.78 is 16.3. The minimum absolute atomic E-state index is 0.340. The Morgan fingerprint density at radius 3 is 2.66 bits per heavy atom. The Bertz CT molecular complexity index is 1320. The first-order valence-electron chi connectivity index (χ1n) is 12.2. The summed E-state index contributed by atoms with van der Waals surface area (Å²) in [5.41, 5.74) is 3.69. The van der Waals surface area contributed by atoms with E-state index >= 15 is 0 Å². The predicted octanol–water partition coefficient (Wildman–Crippen LogP) is 6.06. The Kier molecular flexibility index (Phi) is 4.03. The molecule has 0 saturated heterocycles. The van der Waals surface area contributed by atoms with Gasteiger partial charge in [-0.2, -0.15) is 0 Å². The fourth-order valence-electron chi connectivity index (χ4n) is 6.64. The summed E-state index contributed by atoms with van der Waals surface area (Å²) in [6.45, 7) is 2.46. The molecule has 2 unspecified atom stereocenters. The molecule has 0 spiro atoms. The maximum Gasteiger partial charge on any atom is 0.164 e. The first-order chi connectivity index (χ1) is 15.7. The van der Waals surface area contributed by atoms with E-state index in [-0.39, 0.29) is 5.82 Å². The molecule has 32 heavy (non-hydrogen) atoms. The van der Waals surface area contributed by atoms with Crippen molar-refractivity contribution >= 4 is 22.1 Å². The van der Waals surface area contributed by atoms with Crippen molar-refractivity contribution in [1.29, 1.82) is 0 Å². The molecule has 5 nitrogen and oxygen atoms in total. The highest BCUT2D eigenvalue weighted by atomic mass is 19.1. The number of rotatable bonds is 4. The van der Waals surface area contributed by atoms with Gasteiger partial charge in [-0.3, -0.25) is 0 Å². The first-order valence-corrected chi connectivity index (χ1v) is 12.2. The molecule has 6 heteroatoms. The van der Waals surface area contributed by atoms with Gasteiger partial charge < -0.3 is 9.55 Å². The van der Waals surface area contributed by atoms with Crippen LogP contribution in [0.1, 0.15) is 57.2 Å². The lowest BCUT2D eigenvalue weighted by Gasteiger charge is -2.47. The molecule has 0 radical (unpaired) electrons. The van der Waals surface area contributed by atoms with Gasteiger partial charge in [-0.15, -0.1) is 0 Å². The van der Waals surface area contributed by atoms with Crippen LogP contribution in [-0.4, -0.2) is 24.5 Å². The molecular formula is C26H28FN5. The highest BCUT2D eigenvalue weighted by Gasteiger charge is 2.41. The molecule has 4 aromatic rings. The minimum atomic E-state index is -0.340. The standard InChI is InChI=1S/C26H28FN5/c1-14-15-2-4-16(5-3-15)20(14)11-23-19-8-9-32(18-6-7-18)26(19)31-25(30-23)22-13-29-24-21(22)10-17(27)12-28-24/h8-10,12-16,18,20H,2-7,11H2,1H3,(H,28,29). The molecule has 4 saturated carbocycles. The average Bonchev–Trinajstić information content (AvgIpc) is 3.42. The molecular weight excluding hydrogens is 401 g/mol. The molecule has 0 aromatic carbocycles. The van der Waals surface area contributed by atoms with Crippen LogP contribution in [0, 0.1) is 29.5 Å². The molecule has 4 heterocycles. The van der Waals surface area contributed by atoms with Crippen LogP contribution in [-0.2, 0) is 6.42 Å². The highest BCUT2D eigenvalue weighted by molar-refractivity contribution is 5.93. The number of hydrogen-bond acceptors (Lipinski definition) is 3. The van der Waals surface area contributed by atoms with Crippen LogP contribution in [0.5, 0.6) is 0 Å². The molecule has 4 aliphatic rings. The third-order valence-electron chi connectivity index (χ3n) is 8.60. The van der Waals surface area contributed by atoms with Gasteiger partial charge >= 0.3 is 0 Å². The normalized spacial score (nSPS) is 27.6. The van der Waals surface area contributed by atoms with Crippen molar-refractivity contribution < 1.29 is 4.39 Å². The van der Waals surface area contributed by atoms with E-state index in [4.69, 9.17) is 9.97 Å². The van der Waals surface area contributed by atoms with Crippen LogP contribution >= 0.6 is 0 Å². The van der Waals surface area contributed by atoms with Crippen molar-refractivity contribution in [2.24, 2.45) is 23.7 Å². The largest absolute Gasteiger partial charge is 0.345 e. The SMILES string of the molecule is CC1C2CCC(CC2)C1Cc1nc(-c2c[nH]c3ncc(F)cc23)nc2c1ccn2C1CC1. The molecule has 1 N–H and O–H groups in total. The van der Waals surface area contributed by atoms with Gasteiger partial charge in [-0.1, -0.05) is 6.92 Å². The number of pyridine rings is 1. The lowest BCUT2D eigenvalue weighted by atomic mass is 9.58. The van der Waals surface area contributed by atoms with E-state index in [1.807, 2.05) is 6.20 Å². The van der Waals surface area contributed by atoms with Crippen LogP contribution in [0.3, 0.4) is 0 Å². The van der Waals surface area contributed by atoms with Gasteiger partial charge in [0.15, 0.2) is 5.82 Å². The number of fused-ring (bicyclic) bond motifs is 5. The van der Waals surface area contributed by atoms with E-state index in [1.54, 1.807) is 0 Å². The molecule has 8 rings (SSSR count). The van der Waals surface area contributed by atoms with E-state index in [0.29, 0.717) is 23.4 Å². The molecule has 4 fully saturated rings. The van der Waals surface area contributed by atoms with E-state index in [2.05, 4.69) is 33.7 Å². The Morgan fingerprint density at radius 2 is 1.88 bits per heavy atom. The zero-order chi connectivity index (χ0) is 21.4. The van der Waals surface area contributed by atoms with Crippen molar-refractivity contribution in [2.75, 3.05) is 0 Å². The summed E-state index contributed by atoms with van der Waals surface area (Å²) in [4.78, 5) is 17.5. The van der Waals surface area contributed by atoms with Gasteiger partial charge in [0, 0.05) is 34.8 Å². The summed E-state index contributed by atoms with van der Waals surface area (Å²) in [7, 11) is 0. The van der Waals surface area contributed by atoms with Crippen molar-refractivity contribution in [3.63, 3.8) is 0 Å². The molecule has 0 amide bonds. The quantitative estimate of drug-likeness (QED) is 0.429. The molecule has 164 valence electrons. The number of aromatic nitrogens is 5. The van der Waals surface area contributed by atoms with E-state index in [9.17, 15) is 4.39 Å². The van der Waals surface area contributed by atoms with Crippen LogP contribution in [0.4, 0.5) is 4.39 Å². The second-order valence-electron chi connectivity index (χ2n) is 10.3. The molecule has 4 aliphatic carbocycles. The highest BCUT2D eigenvalue weighted by Crippen LogP contribution is 2.50. The Balaban J connectivity index is 1.38. The average molecular weight is 430 g/mol. The lowest BCUT2D eigenvalue weighted by molar-refractivity contribution is 0.0341. The summed E-state index contributed by atoms with van der Waals surface area (Å²) in [6.07, 6.45) is 14.3. The summed E-state index contributed by atoms with van der Waals surface area (Å²) >= 11 is 0. The number of halogens is 1. The van der Waals surface area contributed by atoms with E-state index in [1.165, 1.54) is 56.2 Å². The second kappa shape index (κ2) is 6.87. The first kappa shape index (κ1) is 18.8. The number of nitrogens with zero attached hydrogens (tertiary/aromatic N) is 4. The van der Waals surface area contributed by atoms with Crippen molar-refractivity contribution in [3.05, 3.63) is 42.2 Å². The molecule has 2 bridgehead atoms. The van der Waals surface area contributed by atoms with Crippen molar-refractivity contribution in [2.45, 2.75) is 57.9 Å². The van der Waals surface area contributed by atoms with E-state index in [0.717, 1.165) is 46.5 Å². The fourth-order valence-corrected chi connectivity index (χ4v) is 6.64. The fraction of sp³-hybridized carbons (Fsp3) is 0.500. The lowest BCUT2D eigenvalue weighted by Crippen LogP contribution is -2.39. The zero-order valence-electron chi connectivity index (χ0n) is 18.4. The number of nitrogens with one attached hydrogen (secondary N) is 1. The summed E-state index contributed by atoms with van der Waals surface area (Å²) in [5, 5.41) is 1.93. The Morgan fingerprint density at radius 1 is 1.06 bits per heavy atom. The van der Waals surface area contributed by atoms with Gasteiger partial charge in [0.25, 0.3) is 0 Å². The van der Waals surface area contributed by atoms with E-state index < -0.39 is 0 Å². The molecule has 2 atom stereocenters. The van der Waals surface area contributed by atoms with Gasteiger partial charge in [0.2, 0.25) is 0 Å². The van der Waals surface area contributed by atoms with Crippen molar-refractivity contribution in [3.8, 4) is 11.4 Å². The van der Waals surface area contributed by atoms with Crippen LogP contribution in [0.2, 0.25) is 0 Å². The maximum absolute atomic E-state index is 14.0. The second-order valence-corrected chi connectivity index (χ2v) is 10.3. The molecule has 4 aromatic heterocycles. The molecule has 0 aliphatic heterocycles. The van der Waals surface area contributed by atoms with Gasteiger partial charge in [-0.05, 0) is 80.8 Å². The van der Waals surface area contributed by atoms with Crippen LogP contribution < -0.4 is 0 Å². The number of H-pyrrole nitrogens is 1. The smallest absolute Gasteiger partial charge is 0.164 e. The van der Waals surface area contributed by atoms with Gasteiger partial charge in [0.05, 0.1) is 11.9 Å². The predicted molar refractivity (Wildman–Crippen MR) is 123 cm³/mol. The topological polar surface area (TPSA) is 59.4 Å². The monoisotopic (exact) mass is 429 g/mol. The number of hydrogen-bond donors (Lipinski definition) is 1. The zero-order valence-corrected chi connectivity index (χ0v) is 18.4. The third-order valence-corrected chi connectivity index (χ3v) is 8.60. The van der Waals surface area contributed by atoms with Gasteiger partial charge in [-0.25, -0.2) is 19.3 Å².